The van der Waals surface area contributed by atoms with Gasteiger partial charge in [-0.1, -0.05) is 11.2 Å². The molecule has 2 aromatic rings. The molecular weight excluding hydrogens is 277 g/mol. The highest BCUT2D eigenvalue weighted by Gasteiger charge is 2.17. The third kappa shape index (κ3) is 3.88. The Hall–Kier alpha value is -2.70. The van der Waals surface area contributed by atoms with Crippen LogP contribution < -0.4 is 10.2 Å². The molecule has 0 aliphatic rings. The van der Waals surface area contributed by atoms with Crippen molar-refractivity contribution in [2.75, 3.05) is 16.8 Å². The SMILES string of the molecule is CC(=O)N(CC(=O)Nc1cc(C)on1)c1cccc(F)c1. The number of benzene rings is 1. The number of carbonyl (C=O) groups is 2. The van der Waals surface area contributed by atoms with E-state index in [1.54, 1.807) is 19.1 Å². The third-order valence-electron chi connectivity index (χ3n) is 2.70. The van der Waals surface area contributed by atoms with Crippen molar-refractivity contribution in [1.29, 1.82) is 0 Å². The number of nitrogens with zero attached hydrogens (tertiary/aromatic N) is 2. The quantitative estimate of drug-likeness (QED) is 0.936. The fourth-order valence-corrected chi connectivity index (χ4v) is 1.78. The van der Waals surface area contributed by atoms with Crippen LogP contribution in [0.15, 0.2) is 34.9 Å². The first kappa shape index (κ1) is 14.7. The van der Waals surface area contributed by atoms with E-state index in [0.717, 1.165) is 0 Å². The predicted molar refractivity (Wildman–Crippen MR) is 74.3 cm³/mol. The average Bonchev–Trinajstić information content (AvgIpc) is 2.81. The largest absolute Gasteiger partial charge is 0.360 e. The minimum atomic E-state index is -0.480. The zero-order valence-corrected chi connectivity index (χ0v) is 11.6. The molecule has 0 atom stereocenters. The second-order valence-electron chi connectivity index (χ2n) is 4.46. The molecular formula is C14H14FN3O3. The summed E-state index contributed by atoms with van der Waals surface area (Å²) in [7, 11) is 0. The van der Waals surface area contributed by atoms with Gasteiger partial charge in [0.05, 0.1) is 0 Å². The summed E-state index contributed by atoms with van der Waals surface area (Å²) in [5, 5.41) is 6.13. The number of anilines is 2. The molecule has 0 unspecified atom stereocenters. The number of hydrogen-bond acceptors (Lipinski definition) is 4. The van der Waals surface area contributed by atoms with Gasteiger partial charge in [0, 0.05) is 18.7 Å². The van der Waals surface area contributed by atoms with E-state index in [1.165, 1.54) is 30.0 Å². The molecule has 0 saturated carbocycles. The molecule has 1 aromatic carbocycles. The number of halogens is 1. The van der Waals surface area contributed by atoms with E-state index in [4.69, 9.17) is 4.52 Å². The van der Waals surface area contributed by atoms with Crippen molar-refractivity contribution in [2.24, 2.45) is 0 Å². The molecule has 21 heavy (non-hydrogen) atoms. The minimum absolute atomic E-state index is 0.245. The molecule has 2 amide bonds. The Morgan fingerprint density at radius 2 is 2.14 bits per heavy atom. The van der Waals surface area contributed by atoms with E-state index >= 15 is 0 Å². The zero-order valence-electron chi connectivity index (χ0n) is 11.6. The Labute approximate surface area is 120 Å². The van der Waals surface area contributed by atoms with Crippen LogP contribution in [0.2, 0.25) is 0 Å². The monoisotopic (exact) mass is 291 g/mol. The molecule has 1 N–H and O–H groups in total. The topological polar surface area (TPSA) is 75.4 Å². The maximum absolute atomic E-state index is 13.2. The van der Waals surface area contributed by atoms with Gasteiger partial charge in [-0.2, -0.15) is 0 Å². The Kier molecular flexibility index (Phi) is 4.32. The summed E-state index contributed by atoms with van der Waals surface area (Å²) in [6, 6.07) is 7.03. The minimum Gasteiger partial charge on any atom is -0.360 e. The number of nitrogens with one attached hydrogen (secondary N) is 1. The Morgan fingerprint density at radius 1 is 1.38 bits per heavy atom. The van der Waals surface area contributed by atoms with E-state index in [2.05, 4.69) is 10.5 Å². The van der Waals surface area contributed by atoms with Crippen LogP contribution in [0.5, 0.6) is 0 Å². The van der Waals surface area contributed by atoms with Crippen molar-refractivity contribution in [1.82, 2.24) is 5.16 Å². The first-order chi connectivity index (χ1) is 9.95. The predicted octanol–water partition coefficient (Wildman–Crippen LogP) is 2.11. The van der Waals surface area contributed by atoms with Crippen molar-refractivity contribution >= 4 is 23.3 Å². The number of amides is 2. The molecule has 2 rings (SSSR count). The van der Waals surface area contributed by atoms with Crippen molar-refractivity contribution in [2.45, 2.75) is 13.8 Å². The molecule has 0 radical (unpaired) electrons. The second kappa shape index (κ2) is 6.17. The average molecular weight is 291 g/mol. The molecule has 0 aliphatic heterocycles. The highest BCUT2D eigenvalue weighted by atomic mass is 19.1. The zero-order chi connectivity index (χ0) is 15.4. The van der Waals surface area contributed by atoms with Gasteiger partial charge in [0.15, 0.2) is 5.82 Å². The standard InChI is InChI=1S/C14H14FN3O3/c1-9-6-13(17-21-9)16-14(20)8-18(10(2)19)12-5-3-4-11(15)7-12/h3-7H,8H2,1-2H3,(H,16,17,20). The smallest absolute Gasteiger partial charge is 0.245 e. The van der Waals surface area contributed by atoms with Crippen molar-refractivity contribution in [3.05, 3.63) is 41.9 Å². The van der Waals surface area contributed by atoms with Gasteiger partial charge in [-0.05, 0) is 25.1 Å². The fraction of sp³-hybridized carbons (Fsp3) is 0.214. The van der Waals surface area contributed by atoms with Gasteiger partial charge in [-0.3, -0.25) is 9.59 Å². The molecule has 0 fully saturated rings. The van der Waals surface area contributed by atoms with Crippen molar-refractivity contribution < 1.29 is 18.5 Å². The van der Waals surface area contributed by atoms with E-state index in [0.29, 0.717) is 11.4 Å². The van der Waals surface area contributed by atoms with Crippen LogP contribution in [-0.4, -0.2) is 23.5 Å². The summed E-state index contributed by atoms with van der Waals surface area (Å²) >= 11 is 0. The summed E-state index contributed by atoms with van der Waals surface area (Å²) in [5.74, 6) is -0.486. The van der Waals surface area contributed by atoms with Crippen LogP contribution in [0.3, 0.4) is 0 Å². The highest BCUT2D eigenvalue weighted by molar-refractivity contribution is 6.01. The molecule has 1 heterocycles. The first-order valence-electron chi connectivity index (χ1n) is 6.22. The van der Waals surface area contributed by atoms with Gasteiger partial charge < -0.3 is 14.7 Å². The summed E-state index contributed by atoms with van der Waals surface area (Å²) < 4.78 is 18.0. The number of rotatable bonds is 4. The third-order valence-corrected chi connectivity index (χ3v) is 2.70. The molecule has 0 spiro atoms. The van der Waals surface area contributed by atoms with E-state index in [-0.39, 0.29) is 18.3 Å². The van der Waals surface area contributed by atoms with Crippen LogP contribution in [0.1, 0.15) is 12.7 Å². The summed E-state index contributed by atoms with van der Waals surface area (Å²) in [5.41, 5.74) is 0.314. The van der Waals surface area contributed by atoms with Crippen molar-refractivity contribution in [3.8, 4) is 0 Å². The Balaban J connectivity index is 2.09. The van der Waals surface area contributed by atoms with E-state index in [1.807, 2.05) is 0 Å². The maximum Gasteiger partial charge on any atom is 0.245 e. The molecule has 110 valence electrons. The van der Waals surface area contributed by atoms with Crippen molar-refractivity contribution in [3.63, 3.8) is 0 Å². The lowest BCUT2D eigenvalue weighted by atomic mass is 10.2. The molecule has 6 nitrogen and oxygen atoms in total. The number of hydrogen-bond donors (Lipinski definition) is 1. The molecule has 7 heteroatoms. The Bertz CT molecular complexity index is 669. The van der Waals surface area contributed by atoms with Crippen LogP contribution in [0.4, 0.5) is 15.9 Å². The summed E-state index contributed by atoms with van der Waals surface area (Å²) in [4.78, 5) is 24.7. The number of carbonyl (C=O) groups excluding carboxylic acids is 2. The van der Waals surface area contributed by atoms with Crippen LogP contribution in [0, 0.1) is 12.7 Å². The molecule has 0 aliphatic carbocycles. The number of aromatic nitrogens is 1. The molecule has 0 saturated heterocycles. The van der Waals surface area contributed by atoms with Gasteiger partial charge in [0.2, 0.25) is 11.8 Å². The lowest BCUT2D eigenvalue weighted by Gasteiger charge is -2.20. The van der Waals surface area contributed by atoms with E-state index in [9.17, 15) is 14.0 Å². The Morgan fingerprint density at radius 3 is 2.71 bits per heavy atom. The summed E-state index contributed by atoms with van der Waals surface area (Å²) in [6.07, 6.45) is 0. The van der Waals surface area contributed by atoms with Gasteiger partial charge in [0.1, 0.15) is 18.1 Å². The lowest BCUT2D eigenvalue weighted by molar-refractivity contribution is -0.120. The number of aryl methyl sites for hydroxylation is 1. The summed E-state index contributed by atoms with van der Waals surface area (Å²) in [6.45, 7) is 2.75. The normalized spacial score (nSPS) is 10.2. The first-order valence-corrected chi connectivity index (χ1v) is 6.22. The highest BCUT2D eigenvalue weighted by Crippen LogP contribution is 2.16. The van der Waals surface area contributed by atoms with Gasteiger partial charge in [0.25, 0.3) is 0 Å². The molecule has 1 aromatic heterocycles. The van der Waals surface area contributed by atoms with Crippen LogP contribution >= 0.6 is 0 Å². The maximum atomic E-state index is 13.2. The fourth-order valence-electron chi connectivity index (χ4n) is 1.78. The van der Waals surface area contributed by atoms with Gasteiger partial charge in [-0.25, -0.2) is 4.39 Å². The second-order valence-corrected chi connectivity index (χ2v) is 4.46. The van der Waals surface area contributed by atoms with Crippen LogP contribution in [0.25, 0.3) is 0 Å². The van der Waals surface area contributed by atoms with Crippen LogP contribution in [-0.2, 0) is 9.59 Å². The van der Waals surface area contributed by atoms with E-state index < -0.39 is 11.7 Å². The van der Waals surface area contributed by atoms with Gasteiger partial charge >= 0.3 is 0 Å². The lowest BCUT2D eigenvalue weighted by Crippen LogP contribution is -2.36. The van der Waals surface area contributed by atoms with Gasteiger partial charge in [-0.15, -0.1) is 0 Å². The molecule has 0 bridgehead atoms.